The number of nitrogens with one attached hydrogen (secondary N) is 1. The van der Waals surface area contributed by atoms with Crippen molar-refractivity contribution in [2.45, 2.75) is 56.3 Å². The third kappa shape index (κ3) is 3.05. The van der Waals surface area contributed by atoms with Crippen LogP contribution in [0.5, 0.6) is 0 Å². The maximum Gasteiger partial charge on any atom is 0.0587 e. The topological polar surface area (TPSA) is 35.5 Å². The molecule has 2 bridgehead atoms. The first-order chi connectivity index (χ1) is 9.76. The standard InChI is InChI=1S/C17H26N2O/c1-19-16-7-8-17(19)11-14(10-16)18-15(12-20)9-13-5-3-2-4-6-13/h2-6,14-18,20H,7-12H2,1H3/t14?,15-,16?,17?/m0/s1. The number of rotatable bonds is 5. The number of nitrogens with zero attached hydrogens (tertiary/aromatic N) is 1. The fourth-order valence-corrected chi connectivity index (χ4v) is 3.96. The second-order valence-corrected chi connectivity index (χ2v) is 6.45. The maximum absolute atomic E-state index is 9.64. The Bertz CT molecular complexity index is 408. The van der Waals surface area contributed by atoms with Crippen LogP contribution >= 0.6 is 0 Å². The van der Waals surface area contributed by atoms with E-state index in [-0.39, 0.29) is 12.6 Å². The molecular weight excluding hydrogens is 248 g/mol. The highest BCUT2D eigenvalue weighted by Crippen LogP contribution is 2.34. The third-order valence-corrected chi connectivity index (χ3v) is 5.11. The minimum Gasteiger partial charge on any atom is -0.395 e. The van der Waals surface area contributed by atoms with Gasteiger partial charge in [0, 0.05) is 24.2 Å². The van der Waals surface area contributed by atoms with E-state index in [9.17, 15) is 5.11 Å². The summed E-state index contributed by atoms with van der Waals surface area (Å²) < 4.78 is 0. The molecular formula is C17H26N2O. The molecule has 3 nitrogen and oxygen atoms in total. The van der Waals surface area contributed by atoms with Crippen molar-refractivity contribution in [3.8, 4) is 0 Å². The van der Waals surface area contributed by atoms with Crippen LogP contribution in [0.1, 0.15) is 31.2 Å². The van der Waals surface area contributed by atoms with E-state index in [1.807, 2.05) is 6.07 Å². The molecule has 3 atom stereocenters. The lowest BCUT2D eigenvalue weighted by Crippen LogP contribution is -2.51. The zero-order chi connectivity index (χ0) is 13.9. The van der Waals surface area contributed by atoms with Gasteiger partial charge in [-0.05, 0) is 44.7 Å². The van der Waals surface area contributed by atoms with Crippen molar-refractivity contribution in [3.63, 3.8) is 0 Å². The van der Waals surface area contributed by atoms with Crippen molar-refractivity contribution >= 4 is 0 Å². The summed E-state index contributed by atoms with van der Waals surface area (Å²) in [5, 5.41) is 13.3. The monoisotopic (exact) mass is 274 g/mol. The molecule has 3 rings (SSSR count). The van der Waals surface area contributed by atoms with E-state index in [1.165, 1.54) is 31.2 Å². The van der Waals surface area contributed by atoms with Crippen molar-refractivity contribution in [1.29, 1.82) is 0 Å². The third-order valence-electron chi connectivity index (χ3n) is 5.11. The van der Waals surface area contributed by atoms with E-state index in [0.29, 0.717) is 6.04 Å². The van der Waals surface area contributed by atoms with Crippen molar-refractivity contribution in [3.05, 3.63) is 35.9 Å². The quantitative estimate of drug-likeness (QED) is 0.859. The molecule has 0 saturated carbocycles. The van der Waals surface area contributed by atoms with Crippen molar-refractivity contribution in [2.75, 3.05) is 13.7 Å². The summed E-state index contributed by atoms with van der Waals surface area (Å²) in [6.07, 6.45) is 6.08. The predicted octanol–water partition coefficient (Wildman–Crippen LogP) is 1.80. The van der Waals surface area contributed by atoms with Gasteiger partial charge in [-0.2, -0.15) is 0 Å². The lowest BCUT2D eigenvalue weighted by atomic mass is 9.96. The van der Waals surface area contributed by atoms with Crippen LogP contribution in [0.25, 0.3) is 0 Å². The highest BCUT2D eigenvalue weighted by atomic mass is 16.3. The van der Waals surface area contributed by atoms with Crippen LogP contribution in [0.2, 0.25) is 0 Å². The smallest absolute Gasteiger partial charge is 0.0587 e. The normalized spacial score (nSPS) is 31.4. The number of hydrogen-bond donors (Lipinski definition) is 2. The fraction of sp³-hybridized carbons (Fsp3) is 0.647. The van der Waals surface area contributed by atoms with Gasteiger partial charge >= 0.3 is 0 Å². The molecule has 0 radical (unpaired) electrons. The average molecular weight is 274 g/mol. The van der Waals surface area contributed by atoms with E-state index >= 15 is 0 Å². The molecule has 110 valence electrons. The Kier molecular flexibility index (Phi) is 4.39. The number of hydrogen-bond acceptors (Lipinski definition) is 3. The summed E-state index contributed by atoms with van der Waals surface area (Å²) in [5.41, 5.74) is 1.30. The Morgan fingerprint density at radius 2 is 1.85 bits per heavy atom. The first-order valence-corrected chi connectivity index (χ1v) is 7.89. The predicted molar refractivity (Wildman–Crippen MR) is 81.8 cm³/mol. The van der Waals surface area contributed by atoms with Crippen LogP contribution in [0.3, 0.4) is 0 Å². The molecule has 0 aromatic heterocycles. The van der Waals surface area contributed by atoms with Gasteiger partial charge in [-0.15, -0.1) is 0 Å². The molecule has 2 N–H and O–H groups in total. The van der Waals surface area contributed by atoms with Crippen LogP contribution < -0.4 is 5.32 Å². The number of aliphatic hydroxyl groups excluding tert-OH is 1. The first kappa shape index (κ1) is 14.1. The van der Waals surface area contributed by atoms with Gasteiger partial charge in [0.05, 0.1) is 6.61 Å². The lowest BCUT2D eigenvalue weighted by molar-refractivity contribution is 0.133. The highest BCUT2D eigenvalue weighted by molar-refractivity contribution is 5.16. The zero-order valence-corrected chi connectivity index (χ0v) is 12.3. The van der Waals surface area contributed by atoms with Gasteiger partial charge in [-0.3, -0.25) is 0 Å². The Morgan fingerprint density at radius 1 is 1.20 bits per heavy atom. The molecule has 1 aromatic carbocycles. The molecule has 2 unspecified atom stereocenters. The van der Waals surface area contributed by atoms with E-state index in [0.717, 1.165) is 18.5 Å². The van der Waals surface area contributed by atoms with E-state index < -0.39 is 0 Å². The largest absolute Gasteiger partial charge is 0.395 e. The number of aliphatic hydroxyl groups is 1. The fourth-order valence-electron chi connectivity index (χ4n) is 3.96. The molecule has 2 aliphatic heterocycles. The Labute approximate surface area is 122 Å². The van der Waals surface area contributed by atoms with Gasteiger partial charge in [0.2, 0.25) is 0 Å². The Hall–Kier alpha value is -0.900. The molecule has 0 amide bonds. The van der Waals surface area contributed by atoms with Gasteiger partial charge in [-0.1, -0.05) is 30.3 Å². The summed E-state index contributed by atoms with van der Waals surface area (Å²) in [7, 11) is 2.27. The Morgan fingerprint density at radius 3 is 2.45 bits per heavy atom. The molecule has 0 aliphatic carbocycles. The maximum atomic E-state index is 9.64. The van der Waals surface area contributed by atoms with Gasteiger partial charge in [0.1, 0.15) is 0 Å². The summed E-state index contributed by atoms with van der Waals surface area (Å²) in [5.74, 6) is 0. The molecule has 0 spiro atoms. The zero-order valence-electron chi connectivity index (χ0n) is 12.3. The number of piperidine rings is 1. The number of fused-ring (bicyclic) bond motifs is 2. The molecule has 2 aliphatic rings. The molecule has 2 fully saturated rings. The van der Waals surface area contributed by atoms with Gasteiger partial charge < -0.3 is 15.3 Å². The minimum atomic E-state index is 0.185. The van der Waals surface area contributed by atoms with Crippen LogP contribution in [0, 0.1) is 0 Å². The van der Waals surface area contributed by atoms with Gasteiger partial charge in [0.15, 0.2) is 0 Å². The van der Waals surface area contributed by atoms with E-state index in [2.05, 4.69) is 41.5 Å². The molecule has 20 heavy (non-hydrogen) atoms. The SMILES string of the molecule is CN1C2CCC1CC(N[C@H](CO)Cc1ccccc1)C2. The number of benzene rings is 1. The van der Waals surface area contributed by atoms with E-state index in [1.54, 1.807) is 0 Å². The summed E-state index contributed by atoms with van der Waals surface area (Å²) in [6, 6.07) is 12.7. The van der Waals surface area contributed by atoms with Gasteiger partial charge in [-0.25, -0.2) is 0 Å². The highest BCUT2D eigenvalue weighted by Gasteiger charge is 2.38. The van der Waals surface area contributed by atoms with Crippen molar-refractivity contribution in [1.82, 2.24) is 10.2 Å². The minimum absolute atomic E-state index is 0.185. The lowest BCUT2D eigenvalue weighted by Gasteiger charge is -2.38. The van der Waals surface area contributed by atoms with Crippen LogP contribution in [-0.2, 0) is 6.42 Å². The summed E-state index contributed by atoms with van der Waals surface area (Å²) >= 11 is 0. The molecule has 3 heteroatoms. The van der Waals surface area contributed by atoms with Crippen molar-refractivity contribution in [2.24, 2.45) is 0 Å². The molecule has 2 saturated heterocycles. The molecule has 1 aromatic rings. The summed E-state index contributed by atoms with van der Waals surface area (Å²) in [4.78, 5) is 2.56. The first-order valence-electron chi connectivity index (χ1n) is 7.89. The molecule has 2 heterocycles. The second kappa shape index (κ2) is 6.25. The van der Waals surface area contributed by atoms with Crippen LogP contribution in [0.4, 0.5) is 0 Å². The van der Waals surface area contributed by atoms with Crippen LogP contribution in [-0.4, -0.2) is 47.8 Å². The second-order valence-electron chi connectivity index (χ2n) is 6.45. The van der Waals surface area contributed by atoms with E-state index in [4.69, 9.17) is 0 Å². The van der Waals surface area contributed by atoms with Crippen LogP contribution in [0.15, 0.2) is 30.3 Å². The van der Waals surface area contributed by atoms with Crippen molar-refractivity contribution < 1.29 is 5.11 Å². The average Bonchev–Trinajstić information content (AvgIpc) is 2.70. The Balaban J connectivity index is 1.56. The summed E-state index contributed by atoms with van der Waals surface area (Å²) in [6.45, 7) is 0.219. The van der Waals surface area contributed by atoms with Gasteiger partial charge in [0.25, 0.3) is 0 Å².